The van der Waals surface area contributed by atoms with E-state index in [1.165, 1.54) is 6.07 Å². The normalized spacial score (nSPS) is 14.1. The van der Waals surface area contributed by atoms with Crippen LogP contribution in [0, 0.1) is 0 Å². The Morgan fingerprint density at radius 1 is 0.963 bits per heavy atom. The molecule has 2 aromatic rings. The summed E-state index contributed by atoms with van der Waals surface area (Å²) in [5, 5.41) is 8.75. The highest BCUT2D eigenvalue weighted by atomic mass is 16.7. The summed E-state index contributed by atoms with van der Waals surface area (Å²) in [5.41, 5.74) is 2.03. The maximum Gasteiger partial charge on any atom is 0.366 e. The summed E-state index contributed by atoms with van der Waals surface area (Å²) < 4.78 is 0. The molecule has 3 rings (SSSR count). The highest BCUT2D eigenvalue weighted by Gasteiger charge is 2.33. The van der Waals surface area contributed by atoms with Crippen molar-refractivity contribution in [3.05, 3.63) is 54.1 Å². The minimum absolute atomic E-state index is 0.0381. The lowest BCUT2D eigenvalue weighted by molar-refractivity contribution is -0.172. The van der Waals surface area contributed by atoms with E-state index in [0.717, 1.165) is 5.69 Å². The van der Waals surface area contributed by atoms with Crippen LogP contribution in [0.4, 0.5) is 17.1 Å². The van der Waals surface area contributed by atoms with Crippen LogP contribution in [0.3, 0.4) is 0 Å². The SMILES string of the molecule is CN(C)c1ccc(N=Nc2ccccc2C(=O)ON2C(=O)CCC2=O)cc1. The first-order chi connectivity index (χ1) is 13.0. The van der Waals surface area contributed by atoms with Gasteiger partial charge in [0.2, 0.25) is 0 Å². The molecule has 2 amide bonds. The Bertz CT molecular complexity index is 890. The van der Waals surface area contributed by atoms with Crippen molar-refractivity contribution in [3.8, 4) is 0 Å². The number of anilines is 1. The Morgan fingerprint density at radius 3 is 2.22 bits per heavy atom. The second-order valence-electron chi connectivity index (χ2n) is 6.09. The molecule has 27 heavy (non-hydrogen) atoms. The summed E-state index contributed by atoms with van der Waals surface area (Å²) >= 11 is 0. The third kappa shape index (κ3) is 4.17. The van der Waals surface area contributed by atoms with Crippen LogP contribution < -0.4 is 4.90 Å². The number of benzene rings is 2. The average molecular weight is 366 g/mol. The molecule has 1 fully saturated rings. The fourth-order valence-corrected chi connectivity index (χ4v) is 2.45. The molecule has 0 radical (unpaired) electrons. The number of hydrogen-bond donors (Lipinski definition) is 0. The Labute approximate surface area is 156 Å². The molecule has 1 aliphatic heterocycles. The van der Waals surface area contributed by atoms with E-state index < -0.39 is 17.8 Å². The molecule has 8 nitrogen and oxygen atoms in total. The highest BCUT2D eigenvalue weighted by Crippen LogP contribution is 2.25. The maximum atomic E-state index is 12.4. The minimum Gasteiger partial charge on any atom is -0.378 e. The van der Waals surface area contributed by atoms with Gasteiger partial charge in [0.25, 0.3) is 11.8 Å². The summed E-state index contributed by atoms with van der Waals surface area (Å²) in [5.74, 6) is -1.90. The van der Waals surface area contributed by atoms with Gasteiger partial charge in [0.15, 0.2) is 0 Å². The van der Waals surface area contributed by atoms with Gasteiger partial charge in [-0.15, -0.1) is 10.2 Å². The van der Waals surface area contributed by atoms with Gasteiger partial charge in [-0.1, -0.05) is 12.1 Å². The predicted octanol–water partition coefficient (Wildman–Crippen LogP) is 3.39. The number of rotatable bonds is 5. The molecule has 0 spiro atoms. The molecule has 138 valence electrons. The van der Waals surface area contributed by atoms with Crippen LogP contribution in [0.5, 0.6) is 0 Å². The molecule has 1 saturated heterocycles. The molecule has 0 aliphatic carbocycles. The number of carbonyl (C=O) groups is 3. The first kappa shape index (κ1) is 18.2. The number of amides is 2. The van der Waals surface area contributed by atoms with Gasteiger partial charge in [-0.2, -0.15) is 5.11 Å². The van der Waals surface area contributed by atoms with E-state index >= 15 is 0 Å². The van der Waals surface area contributed by atoms with E-state index in [1.54, 1.807) is 30.3 Å². The smallest absolute Gasteiger partial charge is 0.366 e. The van der Waals surface area contributed by atoms with Gasteiger partial charge in [0.1, 0.15) is 5.69 Å². The molecule has 0 bridgehead atoms. The van der Waals surface area contributed by atoms with E-state index in [-0.39, 0.29) is 24.1 Å². The van der Waals surface area contributed by atoms with Crippen molar-refractivity contribution >= 4 is 34.8 Å². The molecule has 1 heterocycles. The van der Waals surface area contributed by atoms with Crippen LogP contribution in [0.1, 0.15) is 23.2 Å². The lowest BCUT2D eigenvalue weighted by Crippen LogP contribution is -2.32. The molecular formula is C19H18N4O4. The van der Waals surface area contributed by atoms with Gasteiger partial charge in [-0.25, -0.2) is 4.79 Å². The highest BCUT2D eigenvalue weighted by molar-refractivity contribution is 6.03. The van der Waals surface area contributed by atoms with E-state index in [0.29, 0.717) is 10.8 Å². The molecule has 0 saturated carbocycles. The fourth-order valence-electron chi connectivity index (χ4n) is 2.45. The molecule has 0 N–H and O–H groups in total. The van der Waals surface area contributed by atoms with Crippen LogP contribution in [0.25, 0.3) is 0 Å². The maximum absolute atomic E-state index is 12.4. The van der Waals surface area contributed by atoms with Crippen LogP contribution in [-0.4, -0.2) is 36.9 Å². The Kier molecular flexibility index (Phi) is 5.25. The minimum atomic E-state index is -0.837. The second-order valence-corrected chi connectivity index (χ2v) is 6.09. The lowest BCUT2D eigenvalue weighted by Gasteiger charge is -2.13. The first-order valence-corrected chi connectivity index (χ1v) is 8.32. The number of carbonyl (C=O) groups excluding carboxylic acids is 3. The zero-order valence-electron chi connectivity index (χ0n) is 15.0. The fraction of sp³-hybridized carbons (Fsp3) is 0.211. The van der Waals surface area contributed by atoms with Gasteiger partial charge < -0.3 is 9.74 Å². The number of hydroxylamine groups is 2. The van der Waals surface area contributed by atoms with Crippen molar-refractivity contribution in [1.82, 2.24) is 5.06 Å². The van der Waals surface area contributed by atoms with Gasteiger partial charge >= 0.3 is 5.97 Å². The van der Waals surface area contributed by atoms with Crippen LogP contribution in [0.2, 0.25) is 0 Å². The van der Waals surface area contributed by atoms with Crippen LogP contribution in [0.15, 0.2) is 58.8 Å². The molecule has 0 aromatic heterocycles. The van der Waals surface area contributed by atoms with Crippen molar-refractivity contribution in [1.29, 1.82) is 0 Å². The third-order valence-electron chi connectivity index (χ3n) is 3.94. The van der Waals surface area contributed by atoms with Crippen molar-refractivity contribution in [2.24, 2.45) is 10.2 Å². The van der Waals surface area contributed by atoms with Gasteiger partial charge in [0, 0.05) is 32.6 Å². The van der Waals surface area contributed by atoms with Crippen molar-refractivity contribution in [3.63, 3.8) is 0 Å². The summed E-state index contributed by atoms with van der Waals surface area (Å²) in [6.45, 7) is 0. The largest absolute Gasteiger partial charge is 0.378 e. The number of imide groups is 1. The quantitative estimate of drug-likeness (QED) is 0.597. The molecule has 2 aromatic carbocycles. The topological polar surface area (TPSA) is 91.6 Å². The number of hydrogen-bond acceptors (Lipinski definition) is 7. The summed E-state index contributed by atoms with van der Waals surface area (Å²) in [4.78, 5) is 42.5. The number of nitrogens with zero attached hydrogens (tertiary/aromatic N) is 4. The monoisotopic (exact) mass is 366 g/mol. The Balaban J connectivity index is 1.78. The molecule has 1 aliphatic rings. The van der Waals surface area contributed by atoms with Crippen molar-refractivity contribution in [2.75, 3.05) is 19.0 Å². The molecule has 8 heteroatoms. The van der Waals surface area contributed by atoms with Gasteiger partial charge in [-0.05, 0) is 36.4 Å². The summed E-state index contributed by atoms with van der Waals surface area (Å²) in [6.07, 6.45) is 0.0762. The van der Waals surface area contributed by atoms with E-state index in [9.17, 15) is 14.4 Å². The van der Waals surface area contributed by atoms with Crippen LogP contribution >= 0.6 is 0 Å². The first-order valence-electron chi connectivity index (χ1n) is 8.32. The standard InChI is InChI=1S/C19H18N4O4/c1-22(2)14-9-7-13(8-10-14)20-21-16-6-4-3-5-15(16)19(26)27-23-17(24)11-12-18(23)25/h3-10H,11-12H2,1-2H3. The van der Waals surface area contributed by atoms with Crippen LogP contribution in [-0.2, 0) is 14.4 Å². The van der Waals surface area contributed by atoms with Crippen molar-refractivity contribution in [2.45, 2.75) is 12.8 Å². The van der Waals surface area contributed by atoms with E-state index in [2.05, 4.69) is 10.2 Å². The summed E-state index contributed by atoms with van der Waals surface area (Å²) in [7, 11) is 3.88. The Hall–Kier alpha value is -3.55. The van der Waals surface area contributed by atoms with Gasteiger partial charge in [-0.3, -0.25) is 9.59 Å². The van der Waals surface area contributed by atoms with E-state index in [4.69, 9.17) is 4.84 Å². The Morgan fingerprint density at radius 2 is 1.59 bits per heavy atom. The average Bonchev–Trinajstić information content (AvgIpc) is 2.99. The molecule has 0 atom stereocenters. The predicted molar refractivity (Wildman–Crippen MR) is 97.9 cm³/mol. The van der Waals surface area contributed by atoms with Gasteiger partial charge in [0.05, 0.1) is 11.3 Å². The van der Waals surface area contributed by atoms with E-state index in [1.807, 2.05) is 31.1 Å². The zero-order chi connectivity index (χ0) is 19.4. The molecule has 0 unspecified atom stereocenters. The second kappa shape index (κ2) is 7.77. The van der Waals surface area contributed by atoms with Crippen molar-refractivity contribution < 1.29 is 19.2 Å². The lowest BCUT2D eigenvalue weighted by atomic mass is 10.2. The third-order valence-corrected chi connectivity index (χ3v) is 3.94. The number of azo groups is 1. The summed E-state index contributed by atoms with van der Waals surface area (Å²) in [6, 6.07) is 13.8. The molecular weight excluding hydrogens is 348 g/mol. The zero-order valence-corrected chi connectivity index (χ0v) is 15.0.